The molecule has 7 nitrogen and oxygen atoms in total. The summed E-state index contributed by atoms with van der Waals surface area (Å²) >= 11 is 4.35. The van der Waals surface area contributed by atoms with Crippen LogP contribution in [0.4, 0.5) is 5.69 Å². The first-order valence-corrected chi connectivity index (χ1v) is 13.4. The van der Waals surface area contributed by atoms with Crippen LogP contribution in [0.1, 0.15) is 19.4 Å². The SMILES string of the molecule is CCOc1ccc(OCC)c(NC(=O)C(Cc2ccccc2)NS(=O)(=O)c2ccc(Br)s2)c1. The predicted octanol–water partition coefficient (Wildman–Crippen LogP) is 4.84. The van der Waals surface area contributed by atoms with Crippen LogP contribution in [0.2, 0.25) is 0 Å². The molecule has 0 fully saturated rings. The van der Waals surface area contributed by atoms with Crippen molar-refractivity contribution in [2.75, 3.05) is 18.5 Å². The van der Waals surface area contributed by atoms with Crippen LogP contribution >= 0.6 is 27.3 Å². The predicted molar refractivity (Wildman–Crippen MR) is 134 cm³/mol. The number of hydrogen-bond donors (Lipinski definition) is 2. The zero-order valence-electron chi connectivity index (χ0n) is 18.2. The maximum Gasteiger partial charge on any atom is 0.250 e. The van der Waals surface area contributed by atoms with Gasteiger partial charge >= 0.3 is 0 Å². The molecule has 0 aliphatic rings. The summed E-state index contributed by atoms with van der Waals surface area (Å²) in [5.41, 5.74) is 1.23. The summed E-state index contributed by atoms with van der Waals surface area (Å²) in [6.45, 7) is 4.58. The molecule has 0 saturated carbocycles. The third kappa shape index (κ3) is 7.04. The molecule has 0 radical (unpaired) electrons. The van der Waals surface area contributed by atoms with E-state index in [9.17, 15) is 13.2 Å². The Kier molecular flexibility index (Phi) is 8.90. The fraction of sp³-hybridized carbons (Fsp3) is 0.261. The number of carbonyl (C=O) groups excluding carboxylic acids is 1. The molecule has 176 valence electrons. The molecule has 33 heavy (non-hydrogen) atoms. The second-order valence-electron chi connectivity index (χ2n) is 6.94. The highest BCUT2D eigenvalue weighted by Gasteiger charge is 2.28. The van der Waals surface area contributed by atoms with Gasteiger partial charge in [0, 0.05) is 6.07 Å². The molecule has 2 N–H and O–H groups in total. The van der Waals surface area contributed by atoms with Crippen LogP contribution in [0.25, 0.3) is 0 Å². The largest absolute Gasteiger partial charge is 0.494 e. The summed E-state index contributed by atoms with van der Waals surface area (Å²) in [7, 11) is -3.91. The zero-order valence-corrected chi connectivity index (χ0v) is 21.4. The number of thiophene rings is 1. The third-order valence-electron chi connectivity index (χ3n) is 4.53. The van der Waals surface area contributed by atoms with Crippen LogP contribution in [-0.2, 0) is 21.2 Å². The van der Waals surface area contributed by atoms with E-state index < -0.39 is 22.0 Å². The smallest absolute Gasteiger partial charge is 0.250 e. The van der Waals surface area contributed by atoms with Crippen molar-refractivity contribution in [2.45, 2.75) is 30.5 Å². The Morgan fingerprint density at radius 2 is 1.76 bits per heavy atom. The molecule has 1 amide bonds. The van der Waals surface area contributed by atoms with Crippen LogP contribution in [0.15, 0.2) is 68.7 Å². The lowest BCUT2D eigenvalue weighted by atomic mass is 10.1. The summed E-state index contributed by atoms with van der Waals surface area (Å²) in [5.74, 6) is 0.533. The number of amides is 1. The maximum atomic E-state index is 13.3. The first-order chi connectivity index (χ1) is 15.8. The van der Waals surface area contributed by atoms with Crippen molar-refractivity contribution in [3.8, 4) is 11.5 Å². The van der Waals surface area contributed by atoms with Crippen LogP contribution in [-0.4, -0.2) is 33.6 Å². The molecule has 0 aliphatic carbocycles. The van der Waals surface area contributed by atoms with E-state index >= 15 is 0 Å². The number of sulfonamides is 1. The van der Waals surface area contributed by atoms with Crippen molar-refractivity contribution in [3.63, 3.8) is 0 Å². The standard InChI is InChI=1S/C23H25BrN2O5S2/c1-3-30-17-10-11-20(31-4-2)18(15-17)25-23(27)19(14-16-8-6-5-7-9-16)26-33(28,29)22-13-12-21(24)32-22/h5-13,15,19,26H,3-4,14H2,1-2H3,(H,25,27). The maximum absolute atomic E-state index is 13.3. The van der Waals surface area contributed by atoms with E-state index in [2.05, 4.69) is 26.0 Å². The number of carbonyl (C=O) groups is 1. The fourth-order valence-electron chi connectivity index (χ4n) is 3.09. The minimum absolute atomic E-state index is 0.119. The van der Waals surface area contributed by atoms with Crippen molar-refractivity contribution >= 4 is 48.9 Å². The molecular weight excluding hydrogens is 528 g/mol. The van der Waals surface area contributed by atoms with Gasteiger partial charge in [0.2, 0.25) is 5.91 Å². The van der Waals surface area contributed by atoms with Gasteiger partial charge in [-0.25, -0.2) is 8.42 Å². The number of ether oxygens (including phenoxy) is 2. The average Bonchev–Trinajstić information content (AvgIpc) is 3.23. The van der Waals surface area contributed by atoms with E-state index in [4.69, 9.17) is 9.47 Å². The van der Waals surface area contributed by atoms with E-state index in [1.54, 1.807) is 24.3 Å². The minimum atomic E-state index is -3.91. The average molecular weight is 554 g/mol. The minimum Gasteiger partial charge on any atom is -0.494 e. The summed E-state index contributed by atoms with van der Waals surface area (Å²) in [4.78, 5) is 13.3. The molecule has 2 aromatic carbocycles. The summed E-state index contributed by atoms with van der Waals surface area (Å²) in [6.07, 6.45) is 0.174. The molecule has 10 heteroatoms. The third-order valence-corrected chi connectivity index (χ3v) is 8.12. The lowest BCUT2D eigenvalue weighted by Gasteiger charge is -2.20. The first kappa shape index (κ1) is 25.2. The van der Waals surface area contributed by atoms with Gasteiger partial charge < -0.3 is 14.8 Å². The van der Waals surface area contributed by atoms with E-state index in [-0.39, 0.29) is 10.6 Å². The molecule has 3 rings (SSSR count). The van der Waals surface area contributed by atoms with Crippen LogP contribution in [0.3, 0.4) is 0 Å². The zero-order chi connectivity index (χ0) is 23.8. The fourth-order valence-corrected chi connectivity index (χ4v) is 6.31. The van der Waals surface area contributed by atoms with E-state index in [0.717, 1.165) is 16.9 Å². The highest BCUT2D eigenvalue weighted by Crippen LogP contribution is 2.30. The van der Waals surface area contributed by atoms with Crippen LogP contribution in [0.5, 0.6) is 11.5 Å². The molecule has 1 heterocycles. The van der Waals surface area contributed by atoms with Gasteiger partial charge in [0.25, 0.3) is 10.0 Å². The summed E-state index contributed by atoms with van der Waals surface area (Å²) < 4.78 is 40.5. The Labute approximate surface area is 206 Å². The van der Waals surface area contributed by atoms with E-state index in [1.807, 2.05) is 44.2 Å². The van der Waals surface area contributed by atoms with E-state index in [1.165, 1.54) is 6.07 Å². The Balaban J connectivity index is 1.90. The lowest BCUT2D eigenvalue weighted by molar-refractivity contribution is -0.117. The molecule has 3 aromatic rings. The quantitative estimate of drug-likeness (QED) is 0.355. The van der Waals surface area contributed by atoms with Gasteiger partial charge in [0.15, 0.2) is 0 Å². The molecule has 0 aliphatic heterocycles. The number of halogens is 1. The van der Waals surface area contributed by atoms with Crippen molar-refractivity contribution in [1.29, 1.82) is 0 Å². The second kappa shape index (κ2) is 11.6. The number of benzene rings is 2. The highest BCUT2D eigenvalue weighted by atomic mass is 79.9. The molecule has 1 aromatic heterocycles. The normalized spacial score (nSPS) is 12.2. The second-order valence-corrected chi connectivity index (χ2v) is 11.3. The van der Waals surface area contributed by atoms with Crippen molar-refractivity contribution in [2.24, 2.45) is 0 Å². The van der Waals surface area contributed by atoms with Crippen molar-refractivity contribution in [1.82, 2.24) is 4.72 Å². The Bertz CT molecular complexity index is 1180. The number of hydrogen-bond acceptors (Lipinski definition) is 6. The molecule has 0 spiro atoms. The number of anilines is 1. The van der Waals surface area contributed by atoms with Crippen molar-refractivity contribution in [3.05, 3.63) is 70.0 Å². The topological polar surface area (TPSA) is 93.7 Å². The van der Waals surface area contributed by atoms with Gasteiger partial charge in [-0.1, -0.05) is 30.3 Å². The van der Waals surface area contributed by atoms with Crippen molar-refractivity contribution < 1.29 is 22.7 Å². The number of rotatable bonds is 11. The van der Waals surface area contributed by atoms with Gasteiger partial charge in [-0.15, -0.1) is 11.3 Å². The van der Waals surface area contributed by atoms with Gasteiger partial charge in [-0.05, 0) is 66.0 Å². The Hall–Kier alpha value is -2.40. The Morgan fingerprint density at radius 1 is 1.03 bits per heavy atom. The molecule has 0 bridgehead atoms. The molecule has 1 unspecified atom stereocenters. The van der Waals surface area contributed by atoms with Crippen LogP contribution in [0, 0.1) is 0 Å². The highest BCUT2D eigenvalue weighted by molar-refractivity contribution is 9.11. The van der Waals surface area contributed by atoms with Gasteiger partial charge in [0.1, 0.15) is 21.8 Å². The summed E-state index contributed by atoms with van der Waals surface area (Å²) in [5, 5.41) is 2.82. The van der Waals surface area contributed by atoms with Gasteiger partial charge in [-0.3, -0.25) is 4.79 Å². The van der Waals surface area contributed by atoms with E-state index in [0.29, 0.717) is 34.2 Å². The van der Waals surface area contributed by atoms with Gasteiger partial charge in [0.05, 0.1) is 22.7 Å². The van der Waals surface area contributed by atoms with Crippen LogP contribution < -0.4 is 19.5 Å². The number of nitrogens with one attached hydrogen (secondary N) is 2. The molecule has 1 atom stereocenters. The molecular formula is C23H25BrN2O5S2. The summed E-state index contributed by atoms with van der Waals surface area (Å²) in [6, 6.07) is 16.5. The monoisotopic (exact) mass is 552 g/mol. The lowest BCUT2D eigenvalue weighted by Crippen LogP contribution is -2.45. The van der Waals surface area contributed by atoms with Gasteiger partial charge in [-0.2, -0.15) is 4.72 Å². The Morgan fingerprint density at radius 3 is 2.39 bits per heavy atom. The molecule has 0 saturated heterocycles. The first-order valence-electron chi connectivity index (χ1n) is 10.3.